The molecule has 0 radical (unpaired) electrons. The van der Waals surface area contributed by atoms with E-state index in [0.717, 1.165) is 34.4 Å². The molecule has 5 aromatic rings. The Bertz CT molecular complexity index is 1300. The number of anilines is 6. The molecule has 3 heteroatoms. The average Bonchev–Trinajstić information content (AvgIpc) is 2.85. The van der Waals surface area contributed by atoms with E-state index in [1.54, 1.807) is 0 Å². The fourth-order valence-corrected chi connectivity index (χ4v) is 4.56. The Hall–Kier alpha value is -4.37. The number of aryl methyl sites for hydroxylation is 4. The van der Waals surface area contributed by atoms with Crippen LogP contribution >= 0.6 is 0 Å². The first-order chi connectivity index (χ1) is 17.5. The van der Waals surface area contributed by atoms with Crippen LogP contribution in [-0.4, -0.2) is 4.98 Å². The van der Waals surface area contributed by atoms with Gasteiger partial charge in [-0.25, -0.2) is 4.98 Å². The van der Waals surface area contributed by atoms with Crippen LogP contribution in [0.15, 0.2) is 115 Å². The minimum atomic E-state index is 0.869. The second-order valence-electron chi connectivity index (χ2n) is 9.38. The van der Waals surface area contributed by atoms with E-state index < -0.39 is 0 Å². The van der Waals surface area contributed by atoms with Crippen LogP contribution in [0.2, 0.25) is 0 Å². The van der Waals surface area contributed by atoms with Crippen LogP contribution in [0.5, 0.6) is 0 Å². The molecule has 0 bridgehead atoms. The lowest BCUT2D eigenvalue weighted by Gasteiger charge is -2.28. The molecule has 5 rings (SSSR count). The zero-order valence-corrected chi connectivity index (χ0v) is 21.3. The van der Waals surface area contributed by atoms with Crippen LogP contribution in [0.4, 0.5) is 34.4 Å². The van der Waals surface area contributed by atoms with Gasteiger partial charge in [0.1, 0.15) is 11.6 Å². The van der Waals surface area contributed by atoms with Crippen molar-refractivity contribution >= 4 is 34.4 Å². The summed E-state index contributed by atoms with van der Waals surface area (Å²) in [6, 6.07) is 40.5. The number of aromatic nitrogens is 1. The van der Waals surface area contributed by atoms with Gasteiger partial charge in [-0.2, -0.15) is 0 Å². The van der Waals surface area contributed by atoms with Gasteiger partial charge in [-0.3, -0.25) is 9.80 Å². The summed E-state index contributed by atoms with van der Waals surface area (Å²) in [5.74, 6) is 1.74. The summed E-state index contributed by atoms with van der Waals surface area (Å²) in [4.78, 5) is 9.71. The van der Waals surface area contributed by atoms with E-state index >= 15 is 0 Å². The van der Waals surface area contributed by atoms with Gasteiger partial charge in [-0.05, 0) is 111 Å². The van der Waals surface area contributed by atoms with E-state index in [4.69, 9.17) is 4.98 Å². The molecule has 0 N–H and O–H groups in total. The fraction of sp³-hybridized carbons (Fsp3) is 0.121. The summed E-state index contributed by atoms with van der Waals surface area (Å²) in [6.07, 6.45) is 0. The maximum absolute atomic E-state index is 5.25. The number of pyridine rings is 1. The van der Waals surface area contributed by atoms with Gasteiger partial charge in [-0.1, -0.05) is 54.6 Å². The molecule has 36 heavy (non-hydrogen) atoms. The first-order valence-corrected chi connectivity index (χ1v) is 12.3. The van der Waals surface area contributed by atoms with Gasteiger partial charge in [0.2, 0.25) is 0 Å². The molecule has 0 saturated heterocycles. The van der Waals surface area contributed by atoms with Crippen molar-refractivity contribution < 1.29 is 0 Å². The molecule has 3 nitrogen and oxygen atoms in total. The van der Waals surface area contributed by atoms with Crippen molar-refractivity contribution in [3.63, 3.8) is 0 Å². The zero-order chi connectivity index (χ0) is 25.1. The number of hydrogen-bond donors (Lipinski definition) is 0. The van der Waals surface area contributed by atoms with Crippen molar-refractivity contribution in [2.45, 2.75) is 27.7 Å². The maximum atomic E-state index is 5.25. The minimum absolute atomic E-state index is 0.869. The predicted octanol–water partition coefficient (Wildman–Crippen LogP) is 9.25. The molecule has 0 spiro atoms. The van der Waals surface area contributed by atoms with Gasteiger partial charge in [0.05, 0.1) is 0 Å². The molecular weight excluding hydrogens is 438 g/mol. The van der Waals surface area contributed by atoms with Crippen LogP contribution in [0.3, 0.4) is 0 Å². The highest BCUT2D eigenvalue weighted by Crippen LogP contribution is 2.38. The Balaban J connectivity index is 1.69. The third kappa shape index (κ3) is 5.01. The molecule has 0 amide bonds. The molecule has 1 aromatic heterocycles. The Morgan fingerprint density at radius 3 is 0.944 bits per heavy atom. The van der Waals surface area contributed by atoms with E-state index in [-0.39, 0.29) is 0 Å². The third-order valence-electron chi connectivity index (χ3n) is 6.22. The highest BCUT2D eigenvalue weighted by Gasteiger charge is 2.18. The van der Waals surface area contributed by atoms with Gasteiger partial charge < -0.3 is 0 Å². The van der Waals surface area contributed by atoms with Crippen LogP contribution in [0, 0.1) is 27.7 Å². The van der Waals surface area contributed by atoms with Crippen LogP contribution < -0.4 is 9.80 Å². The summed E-state index contributed by atoms with van der Waals surface area (Å²) >= 11 is 0. The lowest BCUT2D eigenvalue weighted by Crippen LogP contribution is -2.16. The number of rotatable bonds is 6. The predicted molar refractivity (Wildman–Crippen MR) is 153 cm³/mol. The maximum Gasteiger partial charge on any atom is 0.140 e. The lowest BCUT2D eigenvalue weighted by molar-refractivity contribution is 1.13. The van der Waals surface area contributed by atoms with Crippen LogP contribution in [0.1, 0.15) is 22.3 Å². The fourth-order valence-electron chi connectivity index (χ4n) is 4.56. The van der Waals surface area contributed by atoms with E-state index in [1.807, 2.05) is 0 Å². The molecule has 0 aliphatic rings. The quantitative estimate of drug-likeness (QED) is 0.247. The number of hydrogen-bond acceptors (Lipinski definition) is 3. The topological polar surface area (TPSA) is 19.4 Å². The Kier molecular flexibility index (Phi) is 6.55. The van der Waals surface area contributed by atoms with Crippen molar-refractivity contribution in [3.05, 3.63) is 138 Å². The Morgan fingerprint density at radius 1 is 0.389 bits per heavy atom. The van der Waals surface area contributed by atoms with Gasteiger partial charge in [0, 0.05) is 22.7 Å². The molecule has 0 unspecified atom stereocenters. The monoisotopic (exact) mass is 469 g/mol. The van der Waals surface area contributed by atoms with Gasteiger partial charge >= 0.3 is 0 Å². The summed E-state index contributed by atoms with van der Waals surface area (Å²) in [5, 5.41) is 0. The lowest BCUT2D eigenvalue weighted by atomic mass is 10.1. The van der Waals surface area contributed by atoms with E-state index in [0.29, 0.717) is 0 Å². The van der Waals surface area contributed by atoms with Gasteiger partial charge in [0.15, 0.2) is 0 Å². The van der Waals surface area contributed by atoms with E-state index in [2.05, 4.69) is 153 Å². The zero-order valence-electron chi connectivity index (χ0n) is 21.3. The summed E-state index contributed by atoms with van der Waals surface area (Å²) in [6.45, 7) is 8.50. The number of benzene rings is 4. The molecule has 0 atom stereocenters. The van der Waals surface area contributed by atoms with Crippen LogP contribution in [-0.2, 0) is 0 Å². The second-order valence-corrected chi connectivity index (χ2v) is 9.38. The van der Waals surface area contributed by atoms with Gasteiger partial charge in [-0.15, -0.1) is 0 Å². The molecular formula is C33H31N3. The van der Waals surface area contributed by atoms with Crippen molar-refractivity contribution in [1.29, 1.82) is 0 Å². The number of nitrogens with zero attached hydrogens (tertiary/aromatic N) is 3. The molecule has 0 aliphatic carbocycles. The Morgan fingerprint density at radius 2 is 0.667 bits per heavy atom. The summed E-state index contributed by atoms with van der Waals surface area (Å²) in [7, 11) is 0. The largest absolute Gasteiger partial charge is 0.295 e. The highest BCUT2D eigenvalue weighted by molar-refractivity contribution is 5.79. The van der Waals surface area contributed by atoms with Crippen molar-refractivity contribution in [3.8, 4) is 0 Å². The van der Waals surface area contributed by atoms with Crippen molar-refractivity contribution in [2.24, 2.45) is 0 Å². The first kappa shape index (κ1) is 23.4. The smallest absolute Gasteiger partial charge is 0.140 e. The molecule has 0 aliphatic heterocycles. The standard InChI is InChI=1S/C33H31N3/c1-24-10-5-14-28(20-24)35(29-15-6-11-25(2)21-29)32-18-9-19-33(34-32)36(30-16-7-12-26(3)22-30)31-17-8-13-27(4)23-31/h5-23H,1-4H3. The van der Waals surface area contributed by atoms with E-state index in [9.17, 15) is 0 Å². The van der Waals surface area contributed by atoms with Gasteiger partial charge in [0.25, 0.3) is 0 Å². The first-order valence-electron chi connectivity index (χ1n) is 12.3. The summed E-state index contributed by atoms with van der Waals surface area (Å²) in [5.41, 5.74) is 9.19. The average molecular weight is 470 g/mol. The van der Waals surface area contributed by atoms with E-state index in [1.165, 1.54) is 22.3 Å². The van der Waals surface area contributed by atoms with Crippen molar-refractivity contribution in [1.82, 2.24) is 4.98 Å². The Labute approximate surface area is 214 Å². The third-order valence-corrected chi connectivity index (χ3v) is 6.22. The molecule has 0 fully saturated rings. The molecule has 178 valence electrons. The summed E-state index contributed by atoms with van der Waals surface area (Å²) < 4.78 is 0. The normalized spacial score (nSPS) is 10.8. The van der Waals surface area contributed by atoms with Crippen LogP contribution in [0.25, 0.3) is 0 Å². The molecule has 1 heterocycles. The van der Waals surface area contributed by atoms with Crippen molar-refractivity contribution in [2.75, 3.05) is 9.80 Å². The SMILES string of the molecule is Cc1cccc(N(c2cccc(C)c2)c2cccc(N(c3cccc(C)c3)c3cccc(C)c3)n2)c1. The highest BCUT2D eigenvalue weighted by atomic mass is 15.3. The minimum Gasteiger partial charge on any atom is -0.295 e. The molecule has 0 saturated carbocycles. The second kappa shape index (κ2) is 10.1. The molecule has 4 aromatic carbocycles.